The first kappa shape index (κ1) is 14.5. The largest absolute Gasteiger partial charge is 0.514 e. The van der Waals surface area contributed by atoms with E-state index in [1.165, 1.54) is 12.7 Å². The molecule has 0 aliphatic heterocycles. The summed E-state index contributed by atoms with van der Waals surface area (Å²) in [5, 5.41) is 2.79. The number of benzene rings is 2. The van der Waals surface area contributed by atoms with Crippen LogP contribution in [0, 0.1) is 6.92 Å². The van der Waals surface area contributed by atoms with Crippen molar-refractivity contribution in [1.29, 1.82) is 0 Å². The van der Waals surface area contributed by atoms with Gasteiger partial charge < -0.3 is 14.0 Å². The molecule has 0 saturated carbocycles. The fourth-order valence-corrected chi connectivity index (χ4v) is 3.18. The fourth-order valence-electron chi connectivity index (χ4n) is 3.18. The summed E-state index contributed by atoms with van der Waals surface area (Å²) in [6, 6.07) is 14.0. The average molecular weight is 320 g/mol. The molecule has 0 saturated heterocycles. The van der Waals surface area contributed by atoms with Gasteiger partial charge in [-0.05, 0) is 24.6 Å². The lowest BCUT2D eigenvalue weighted by atomic mass is 10.1. The number of rotatable bonds is 1. The zero-order valence-electron chi connectivity index (χ0n) is 13.7. The van der Waals surface area contributed by atoms with Crippen molar-refractivity contribution in [3.05, 3.63) is 48.0 Å². The van der Waals surface area contributed by atoms with E-state index in [-0.39, 0.29) is 5.88 Å². The Morgan fingerprint density at radius 2 is 1.83 bits per heavy atom. The van der Waals surface area contributed by atoms with Crippen molar-refractivity contribution in [2.45, 2.75) is 6.92 Å². The Bertz CT molecular complexity index is 1110. The number of hydrogen-bond donors (Lipinski definition) is 0. The normalized spacial score (nSPS) is 11.3. The Kier molecular flexibility index (Phi) is 3.16. The number of methoxy groups -OCH3 is 1. The standard InChI is InChI=1S/C19H16N2O3/c1-11-8-9-14-15(10-11)21(2)17-12-6-4-5-7-13(12)18(20-16(14)17)24-19(22)23-3/h4-10H,1-3H3. The molecule has 4 aromatic rings. The lowest BCUT2D eigenvalue weighted by molar-refractivity contribution is 0.120. The molecule has 0 bridgehead atoms. The van der Waals surface area contributed by atoms with E-state index < -0.39 is 6.16 Å². The Morgan fingerprint density at radius 1 is 1.08 bits per heavy atom. The fraction of sp³-hybridized carbons (Fsp3) is 0.158. The Balaban J connectivity index is 2.17. The molecule has 5 nitrogen and oxygen atoms in total. The van der Waals surface area contributed by atoms with E-state index in [0.717, 1.165) is 32.7 Å². The van der Waals surface area contributed by atoms with Crippen LogP contribution in [0.5, 0.6) is 5.88 Å². The molecule has 2 aromatic carbocycles. The van der Waals surface area contributed by atoms with Crippen molar-refractivity contribution in [1.82, 2.24) is 9.55 Å². The van der Waals surface area contributed by atoms with Gasteiger partial charge in [-0.25, -0.2) is 9.78 Å². The van der Waals surface area contributed by atoms with Crippen LogP contribution < -0.4 is 4.74 Å². The summed E-state index contributed by atoms with van der Waals surface area (Å²) >= 11 is 0. The molecule has 0 radical (unpaired) electrons. The second kappa shape index (κ2) is 5.23. The van der Waals surface area contributed by atoms with Gasteiger partial charge in [-0.2, -0.15) is 0 Å². The SMILES string of the molecule is COC(=O)Oc1nc2c3ccc(C)cc3n(C)c2c2ccccc12. The highest BCUT2D eigenvalue weighted by Gasteiger charge is 2.18. The number of carbonyl (C=O) groups is 1. The smallest absolute Gasteiger partial charge is 0.437 e. The second-order valence-corrected chi connectivity index (χ2v) is 5.80. The third-order valence-electron chi connectivity index (χ3n) is 4.30. The van der Waals surface area contributed by atoms with Gasteiger partial charge in [0.25, 0.3) is 0 Å². The van der Waals surface area contributed by atoms with E-state index in [9.17, 15) is 4.79 Å². The number of fused-ring (bicyclic) bond motifs is 5. The highest BCUT2D eigenvalue weighted by molar-refractivity contribution is 6.16. The number of carbonyl (C=O) groups excluding carboxylic acids is 1. The summed E-state index contributed by atoms with van der Waals surface area (Å²) in [6.45, 7) is 2.06. The maximum Gasteiger partial charge on any atom is 0.514 e. The van der Waals surface area contributed by atoms with Crippen LogP contribution in [0.3, 0.4) is 0 Å². The number of aromatic nitrogens is 2. The lowest BCUT2D eigenvalue weighted by Crippen LogP contribution is -2.09. The van der Waals surface area contributed by atoms with Gasteiger partial charge in [0.05, 0.1) is 18.1 Å². The van der Waals surface area contributed by atoms with Crippen LogP contribution in [0.1, 0.15) is 5.56 Å². The van der Waals surface area contributed by atoms with Crippen LogP contribution in [0.2, 0.25) is 0 Å². The zero-order valence-corrected chi connectivity index (χ0v) is 13.7. The van der Waals surface area contributed by atoms with Crippen LogP contribution in [-0.4, -0.2) is 22.8 Å². The van der Waals surface area contributed by atoms with E-state index in [1.54, 1.807) is 0 Å². The number of nitrogens with zero attached hydrogens (tertiary/aromatic N) is 2. The predicted molar refractivity (Wildman–Crippen MR) is 93.5 cm³/mol. The van der Waals surface area contributed by atoms with Gasteiger partial charge in [-0.3, -0.25) is 0 Å². The highest BCUT2D eigenvalue weighted by atomic mass is 16.7. The number of hydrogen-bond acceptors (Lipinski definition) is 4. The number of pyridine rings is 1. The molecule has 2 aromatic heterocycles. The molecule has 0 aliphatic carbocycles. The first-order valence-electron chi connectivity index (χ1n) is 7.63. The molecule has 0 atom stereocenters. The molecule has 4 rings (SSSR count). The topological polar surface area (TPSA) is 53.4 Å². The van der Waals surface area contributed by atoms with Gasteiger partial charge in [-0.15, -0.1) is 0 Å². The van der Waals surface area contributed by atoms with E-state index in [4.69, 9.17) is 4.74 Å². The molecule has 2 heterocycles. The molecular weight excluding hydrogens is 304 g/mol. The van der Waals surface area contributed by atoms with Crippen LogP contribution in [0.25, 0.3) is 32.7 Å². The molecule has 5 heteroatoms. The molecule has 0 spiro atoms. The molecular formula is C19H16N2O3. The lowest BCUT2D eigenvalue weighted by Gasteiger charge is -2.08. The van der Waals surface area contributed by atoms with Crippen LogP contribution >= 0.6 is 0 Å². The monoisotopic (exact) mass is 320 g/mol. The molecule has 24 heavy (non-hydrogen) atoms. The Labute approximate surface area is 138 Å². The maximum atomic E-state index is 11.6. The van der Waals surface area contributed by atoms with Crippen molar-refractivity contribution < 1.29 is 14.3 Å². The summed E-state index contributed by atoms with van der Waals surface area (Å²) in [6.07, 6.45) is -0.775. The van der Waals surface area contributed by atoms with Gasteiger partial charge in [0, 0.05) is 23.2 Å². The molecule has 120 valence electrons. The van der Waals surface area contributed by atoms with E-state index in [0.29, 0.717) is 0 Å². The van der Waals surface area contributed by atoms with Gasteiger partial charge in [0.1, 0.15) is 5.52 Å². The third kappa shape index (κ3) is 2.01. The van der Waals surface area contributed by atoms with Crippen molar-refractivity contribution in [2.75, 3.05) is 7.11 Å². The van der Waals surface area contributed by atoms with Gasteiger partial charge in [-0.1, -0.05) is 30.3 Å². The van der Waals surface area contributed by atoms with E-state index in [1.807, 2.05) is 31.3 Å². The number of ether oxygens (including phenoxy) is 2. The molecule has 0 unspecified atom stereocenters. The Morgan fingerprint density at radius 3 is 2.58 bits per heavy atom. The summed E-state index contributed by atoms with van der Waals surface area (Å²) in [5.41, 5.74) is 4.11. The van der Waals surface area contributed by atoms with Crippen molar-refractivity contribution in [3.8, 4) is 5.88 Å². The Hall–Kier alpha value is -3.08. The van der Waals surface area contributed by atoms with Gasteiger partial charge >= 0.3 is 6.16 Å². The molecule has 0 fully saturated rings. The minimum absolute atomic E-state index is 0.262. The predicted octanol–water partition coefficient (Wildman–Crippen LogP) is 4.33. The van der Waals surface area contributed by atoms with E-state index in [2.05, 4.69) is 39.4 Å². The quantitative estimate of drug-likeness (QED) is 0.490. The van der Waals surface area contributed by atoms with Crippen molar-refractivity contribution in [2.24, 2.45) is 7.05 Å². The highest BCUT2D eigenvalue weighted by Crippen LogP contribution is 2.36. The average Bonchev–Trinajstić information content (AvgIpc) is 2.87. The second-order valence-electron chi connectivity index (χ2n) is 5.80. The van der Waals surface area contributed by atoms with Crippen molar-refractivity contribution >= 4 is 38.9 Å². The summed E-state index contributed by atoms with van der Waals surface area (Å²) < 4.78 is 12.0. The third-order valence-corrected chi connectivity index (χ3v) is 4.30. The van der Waals surface area contributed by atoms with Gasteiger partial charge in [0.15, 0.2) is 0 Å². The molecule has 0 aliphatic rings. The first-order chi connectivity index (χ1) is 11.6. The maximum absolute atomic E-state index is 11.6. The van der Waals surface area contributed by atoms with E-state index >= 15 is 0 Å². The summed E-state index contributed by atoms with van der Waals surface area (Å²) in [4.78, 5) is 16.2. The number of aryl methyl sites for hydroxylation is 2. The van der Waals surface area contributed by atoms with Crippen LogP contribution in [0.4, 0.5) is 4.79 Å². The minimum atomic E-state index is -0.775. The van der Waals surface area contributed by atoms with Crippen LogP contribution in [0.15, 0.2) is 42.5 Å². The minimum Gasteiger partial charge on any atom is -0.437 e. The van der Waals surface area contributed by atoms with Crippen LogP contribution in [-0.2, 0) is 11.8 Å². The summed E-state index contributed by atoms with van der Waals surface area (Å²) in [7, 11) is 3.31. The first-order valence-corrected chi connectivity index (χ1v) is 7.63. The summed E-state index contributed by atoms with van der Waals surface area (Å²) in [5.74, 6) is 0.262. The molecule has 0 amide bonds. The zero-order chi connectivity index (χ0) is 16.8. The molecule has 0 N–H and O–H groups in total. The van der Waals surface area contributed by atoms with Gasteiger partial charge in [0.2, 0.25) is 5.88 Å². The van der Waals surface area contributed by atoms with Crippen molar-refractivity contribution in [3.63, 3.8) is 0 Å².